The topological polar surface area (TPSA) is 89.6 Å². The average molecular weight is 379 g/mol. The molecule has 4 aromatic heterocycles. The highest BCUT2D eigenvalue weighted by molar-refractivity contribution is 6.31. The number of halogens is 1. The summed E-state index contributed by atoms with van der Waals surface area (Å²) in [5, 5.41) is 17.4. The van der Waals surface area contributed by atoms with Gasteiger partial charge < -0.3 is 0 Å². The van der Waals surface area contributed by atoms with Crippen LogP contribution in [0.4, 0.5) is 0 Å². The highest BCUT2D eigenvalue weighted by Crippen LogP contribution is 2.22. The van der Waals surface area contributed by atoms with Crippen molar-refractivity contribution in [3.05, 3.63) is 58.8 Å². The number of nitrogens with zero attached hydrogens (tertiary/aromatic N) is 7. The zero-order valence-corrected chi connectivity index (χ0v) is 15.4. The van der Waals surface area contributed by atoms with Gasteiger partial charge in [0.05, 0.1) is 34.5 Å². The van der Waals surface area contributed by atoms with Crippen molar-refractivity contribution in [2.45, 2.75) is 20.4 Å². The normalized spacial score (nSPS) is 11.7. The van der Waals surface area contributed by atoms with Crippen LogP contribution in [0.3, 0.4) is 0 Å². The van der Waals surface area contributed by atoms with E-state index in [-0.39, 0.29) is 0 Å². The van der Waals surface area contributed by atoms with Gasteiger partial charge >= 0.3 is 0 Å². The van der Waals surface area contributed by atoms with Crippen LogP contribution in [0.25, 0.3) is 28.1 Å². The molecule has 0 amide bonds. The lowest BCUT2D eigenvalue weighted by Gasteiger charge is -2.05. The summed E-state index contributed by atoms with van der Waals surface area (Å²) in [5.41, 5.74) is 5.30. The predicted molar refractivity (Wildman–Crippen MR) is 102 cm³/mol. The molecular weight excluding hydrogens is 364 g/mol. The van der Waals surface area contributed by atoms with E-state index in [0.29, 0.717) is 18.0 Å². The van der Waals surface area contributed by atoms with Crippen molar-refractivity contribution in [3.8, 4) is 11.4 Å². The zero-order valence-electron chi connectivity index (χ0n) is 14.7. The van der Waals surface area contributed by atoms with Crippen molar-refractivity contribution in [2.75, 3.05) is 0 Å². The van der Waals surface area contributed by atoms with Crippen LogP contribution in [0.2, 0.25) is 5.02 Å². The molecule has 0 fully saturated rings. The first-order valence-corrected chi connectivity index (χ1v) is 8.81. The van der Waals surface area contributed by atoms with Gasteiger partial charge in [0.2, 0.25) is 0 Å². The Morgan fingerprint density at radius 2 is 1.93 bits per heavy atom. The van der Waals surface area contributed by atoms with Crippen molar-refractivity contribution in [3.63, 3.8) is 0 Å². The van der Waals surface area contributed by atoms with Gasteiger partial charge in [0, 0.05) is 5.56 Å². The smallest absolute Gasteiger partial charge is 0.182 e. The fraction of sp³-hybridized carbons (Fsp3) is 0.167. The number of hydrogen-bond donors (Lipinski definition) is 1. The molecule has 1 N–H and O–H groups in total. The van der Waals surface area contributed by atoms with Crippen LogP contribution in [-0.4, -0.2) is 39.6 Å². The summed E-state index contributed by atoms with van der Waals surface area (Å²) in [7, 11) is 0. The molecule has 1 aromatic carbocycles. The Hall–Kier alpha value is -3.26. The van der Waals surface area contributed by atoms with Crippen LogP contribution in [-0.2, 0) is 6.54 Å². The number of H-pyrrole nitrogens is 1. The van der Waals surface area contributed by atoms with E-state index in [1.807, 2.05) is 30.7 Å². The molecule has 9 heteroatoms. The highest BCUT2D eigenvalue weighted by Gasteiger charge is 2.12. The van der Waals surface area contributed by atoms with E-state index < -0.39 is 0 Å². The second-order valence-electron chi connectivity index (χ2n) is 6.42. The molecule has 0 bridgehead atoms. The van der Waals surface area contributed by atoms with E-state index in [4.69, 9.17) is 11.6 Å². The van der Waals surface area contributed by atoms with Gasteiger partial charge in [-0.2, -0.15) is 10.2 Å². The third-order valence-corrected chi connectivity index (χ3v) is 5.17. The van der Waals surface area contributed by atoms with Crippen LogP contribution >= 0.6 is 11.6 Å². The van der Waals surface area contributed by atoms with Crippen LogP contribution in [0, 0.1) is 13.8 Å². The van der Waals surface area contributed by atoms with Gasteiger partial charge in [0.15, 0.2) is 17.1 Å². The van der Waals surface area contributed by atoms with Crippen molar-refractivity contribution in [1.82, 2.24) is 39.6 Å². The fourth-order valence-corrected chi connectivity index (χ4v) is 3.26. The van der Waals surface area contributed by atoms with Gasteiger partial charge in [-0.05, 0) is 19.4 Å². The van der Waals surface area contributed by atoms with Crippen LogP contribution in [0.15, 0.2) is 36.8 Å². The number of rotatable bonds is 3. The summed E-state index contributed by atoms with van der Waals surface area (Å²) in [4.78, 5) is 8.92. The minimum atomic E-state index is 0.645. The Morgan fingerprint density at radius 1 is 1.11 bits per heavy atom. The molecule has 0 saturated carbocycles. The summed E-state index contributed by atoms with van der Waals surface area (Å²) in [5.74, 6) is 0.645. The lowest BCUT2D eigenvalue weighted by atomic mass is 10.1. The molecule has 0 aliphatic carbocycles. The zero-order chi connectivity index (χ0) is 18.5. The summed E-state index contributed by atoms with van der Waals surface area (Å²) < 4.78 is 3.58. The minimum absolute atomic E-state index is 0.645. The Kier molecular flexibility index (Phi) is 3.48. The largest absolute Gasteiger partial charge is 0.264 e. The Morgan fingerprint density at radius 3 is 2.67 bits per heavy atom. The van der Waals surface area contributed by atoms with Crippen molar-refractivity contribution in [1.29, 1.82) is 0 Å². The molecule has 5 rings (SSSR count). The number of aromatic nitrogens is 8. The van der Waals surface area contributed by atoms with Gasteiger partial charge in [-0.3, -0.25) is 9.78 Å². The van der Waals surface area contributed by atoms with E-state index >= 15 is 0 Å². The summed E-state index contributed by atoms with van der Waals surface area (Å²) >= 11 is 6.23. The molecule has 0 aliphatic heterocycles. The molecule has 0 radical (unpaired) electrons. The van der Waals surface area contributed by atoms with Crippen molar-refractivity contribution < 1.29 is 0 Å². The minimum Gasteiger partial charge on any atom is -0.264 e. The Labute approximate surface area is 158 Å². The van der Waals surface area contributed by atoms with Crippen molar-refractivity contribution in [2.24, 2.45) is 0 Å². The summed E-state index contributed by atoms with van der Waals surface area (Å²) in [6, 6.07) is 8.13. The molecular formula is C18H15ClN8. The second kappa shape index (κ2) is 5.88. The van der Waals surface area contributed by atoms with Crippen molar-refractivity contribution >= 4 is 28.3 Å². The number of nitrogens with one attached hydrogen (secondary N) is 1. The highest BCUT2D eigenvalue weighted by atomic mass is 35.5. The number of aromatic amines is 1. The van der Waals surface area contributed by atoms with E-state index in [2.05, 4.69) is 42.5 Å². The fourth-order valence-electron chi connectivity index (χ4n) is 3.12. The standard InChI is InChI=1S/C18H15ClN8/c1-10-15(19)11(2)26(24-10)8-12-3-5-13(6-4-12)16-22-18-14-7-21-23-17(14)20-9-27(18)25-16/h3-7,9H,8H2,1-2H3,(H,21,23). The second-order valence-corrected chi connectivity index (χ2v) is 6.80. The SMILES string of the molecule is Cc1nn(Cc2ccc(-c3nc4c5cn[nH]c5ncn4n3)cc2)c(C)c1Cl. The maximum Gasteiger partial charge on any atom is 0.182 e. The quantitative estimate of drug-likeness (QED) is 0.520. The lowest BCUT2D eigenvalue weighted by Crippen LogP contribution is -2.03. The van der Waals surface area contributed by atoms with Crippen LogP contribution < -0.4 is 0 Å². The van der Waals surface area contributed by atoms with Gasteiger partial charge in [-0.1, -0.05) is 35.9 Å². The lowest BCUT2D eigenvalue weighted by molar-refractivity contribution is 0.659. The van der Waals surface area contributed by atoms with E-state index in [1.165, 1.54) is 0 Å². The average Bonchev–Trinajstić information content (AvgIpc) is 3.37. The van der Waals surface area contributed by atoms with Gasteiger partial charge in [-0.15, -0.1) is 5.10 Å². The number of aryl methyl sites for hydroxylation is 1. The Bertz CT molecular complexity index is 1280. The molecule has 0 unspecified atom stereocenters. The van der Waals surface area contributed by atoms with E-state index in [1.54, 1.807) is 17.0 Å². The summed E-state index contributed by atoms with van der Waals surface area (Å²) in [6.45, 7) is 4.55. The maximum atomic E-state index is 6.23. The molecule has 8 nitrogen and oxygen atoms in total. The summed E-state index contributed by atoms with van der Waals surface area (Å²) in [6.07, 6.45) is 3.34. The molecule has 27 heavy (non-hydrogen) atoms. The Balaban J connectivity index is 1.47. The number of benzene rings is 1. The van der Waals surface area contributed by atoms with Gasteiger partial charge in [0.1, 0.15) is 6.33 Å². The third kappa shape index (κ3) is 2.57. The molecule has 0 saturated heterocycles. The van der Waals surface area contributed by atoms with Crippen LogP contribution in [0.1, 0.15) is 17.0 Å². The molecule has 4 heterocycles. The molecule has 0 atom stereocenters. The molecule has 0 aliphatic rings. The maximum absolute atomic E-state index is 6.23. The van der Waals surface area contributed by atoms with E-state index in [0.717, 1.165) is 38.6 Å². The molecule has 0 spiro atoms. The number of fused-ring (bicyclic) bond motifs is 3. The third-order valence-electron chi connectivity index (χ3n) is 4.63. The molecule has 5 aromatic rings. The first-order valence-electron chi connectivity index (χ1n) is 8.43. The number of hydrogen-bond acceptors (Lipinski definition) is 5. The first kappa shape index (κ1) is 16.0. The first-order chi connectivity index (χ1) is 13.1. The van der Waals surface area contributed by atoms with E-state index in [9.17, 15) is 0 Å². The van der Waals surface area contributed by atoms with Gasteiger partial charge in [-0.25, -0.2) is 14.5 Å². The van der Waals surface area contributed by atoms with Crippen LogP contribution in [0.5, 0.6) is 0 Å². The molecule has 134 valence electrons. The monoisotopic (exact) mass is 378 g/mol. The van der Waals surface area contributed by atoms with Gasteiger partial charge in [0.25, 0.3) is 0 Å². The predicted octanol–water partition coefficient (Wildman–Crippen LogP) is 3.18.